The van der Waals surface area contributed by atoms with Crippen molar-refractivity contribution in [1.29, 1.82) is 0 Å². The monoisotopic (exact) mass is 417 g/mol. The van der Waals surface area contributed by atoms with E-state index in [-0.39, 0.29) is 17.7 Å². The van der Waals surface area contributed by atoms with Gasteiger partial charge in [-0.15, -0.1) is 0 Å². The number of hydrogen-bond acceptors (Lipinski definition) is 5. The van der Waals surface area contributed by atoms with Crippen molar-refractivity contribution in [2.24, 2.45) is 7.05 Å². The van der Waals surface area contributed by atoms with Crippen LogP contribution in [0.1, 0.15) is 5.56 Å². The summed E-state index contributed by atoms with van der Waals surface area (Å²) in [7, 11) is 1.75. The Labute approximate surface area is 178 Å². The van der Waals surface area contributed by atoms with Crippen LogP contribution in [0.5, 0.6) is 0 Å². The number of nitrogens with one attached hydrogen (secondary N) is 3. The van der Waals surface area contributed by atoms with Crippen LogP contribution in [-0.2, 0) is 7.05 Å². The number of urea groups is 1. The normalized spacial score (nSPS) is 10.5. The minimum atomic E-state index is -0.530. The zero-order chi connectivity index (χ0) is 21.8. The molecule has 0 aliphatic rings. The summed E-state index contributed by atoms with van der Waals surface area (Å²) in [6.07, 6.45) is 4.33. The third-order valence-corrected chi connectivity index (χ3v) is 4.40. The van der Waals surface area contributed by atoms with Gasteiger partial charge in [0, 0.05) is 35.9 Å². The Morgan fingerprint density at radius 2 is 1.74 bits per heavy atom. The van der Waals surface area contributed by atoms with Crippen molar-refractivity contribution in [3.05, 3.63) is 78.5 Å². The first-order valence-electron chi connectivity index (χ1n) is 9.49. The molecule has 2 amide bonds. The minimum absolute atomic E-state index is 0.164. The van der Waals surface area contributed by atoms with Gasteiger partial charge in [-0.05, 0) is 48.9 Å². The van der Waals surface area contributed by atoms with Gasteiger partial charge in [-0.1, -0.05) is 12.1 Å². The van der Waals surface area contributed by atoms with Crippen molar-refractivity contribution < 1.29 is 9.18 Å². The molecular formula is C22H20FN7O. The molecule has 4 rings (SSSR count). The van der Waals surface area contributed by atoms with Gasteiger partial charge in [0.2, 0.25) is 5.95 Å². The lowest BCUT2D eigenvalue weighted by atomic mass is 10.2. The van der Waals surface area contributed by atoms with E-state index in [1.54, 1.807) is 42.2 Å². The Bertz CT molecular complexity index is 1220. The minimum Gasteiger partial charge on any atom is -0.324 e. The van der Waals surface area contributed by atoms with Crippen molar-refractivity contribution >= 4 is 29.0 Å². The molecule has 3 N–H and O–H groups in total. The van der Waals surface area contributed by atoms with E-state index in [0.29, 0.717) is 22.6 Å². The number of nitrogens with zero attached hydrogens (tertiary/aromatic N) is 4. The van der Waals surface area contributed by atoms with Crippen LogP contribution in [0, 0.1) is 12.7 Å². The lowest BCUT2D eigenvalue weighted by molar-refractivity contribution is 0.262. The Morgan fingerprint density at radius 1 is 1.00 bits per heavy atom. The molecule has 31 heavy (non-hydrogen) atoms. The Hall–Kier alpha value is -4.27. The fraction of sp³-hybridized carbons (Fsp3) is 0.0909. The first-order chi connectivity index (χ1) is 15.0. The largest absolute Gasteiger partial charge is 0.324 e. The van der Waals surface area contributed by atoms with E-state index in [2.05, 4.69) is 31.0 Å². The van der Waals surface area contributed by atoms with Gasteiger partial charge in [-0.2, -0.15) is 5.10 Å². The van der Waals surface area contributed by atoms with E-state index in [1.165, 1.54) is 6.20 Å². The van der Waals surface area contributed by atoms with E-state index >= 15 is 0 Å². The zero-order valence-corrected chi connectivity index (χ0v) is 16.9. The molecule has 8 nitrogen and oxygen atoms in total. The molecule has 0 atom stereocenters. The number of benzene rings is 2. The van der Waals surface area contributed by atoms with Crippen LogP contribution < -0.4 is 16.0 Å². The van der Waals surface area contributed by atoms with Crippen LogP contribution in [0.2, 0.25) is 0 Å². The van der Waals surface area contributed by atoms with E-state index in [0.717, 1.165) is 11.8 Å². The Morgan fingerprint density at radius 3 is 2.45 bits per heavy atom. The predicted molar refractivity (Wildman–Crippen MR) is 118 cm³/mol. The summed E-state index contributed by atoms with van der Waals surface area (Å²) in [6.45, 7) is 1.96. The van der Waals surface area contributed by atoms with Crippen molar-refractivity contribution in [2.75, 3.05) is 16.0 Å². The summed E-state index contributed by atoms with van der Waals surface area (Å²) < 4.78 is 15.7. The topological polar surface area (TPSA) is 96.8 Å². The van der Waals surface area contributed by atoms with Crippen LogP contribution in [0.25, 0.3) is 11.3 Å². The van der Waals surface area contributed by atoms with Crippen molar-refractivity contribution in [1.82, 2.24) is 19.7 Å². The number of carbonyl (C=O) groups excluding carboxylic acids is 1. The molecule has 4 aromatic rings. The van der Waals surface area contributed by atoms with Crippen LogP contribution in [0.3, 0.4) is 0 Å². The molecule has 0 bridgehead atoms. The lowest BCUT2D eigenvalue weighted by Crippen LogP contribution is -2.19. The van der Waals surface area contributed by atoms with Crippen LogP contribution in [0.4, 0.5) is 32.2 Å². The smallest absolute Gasteiger partial charge is 0.323 e. The standard InChI is InChI=1S/C22H20FN7O/c1-14-4-3-5-18(10-14)28-22(31)27-17-8-6-16(7-9-17)26-21-24-12-19(23)20(29-21)15-11-25-30(2)13-15/h3-13H,1-2H3,(H,24,26,29)(H2,27,28,31). The molecule has 2 heterocycles. The first-order valence-corrected chi connectivity index (χ1v) is 9.49. The summed E-state index contributed by atoms with van der Waals surface area (Å²) in [6, 6.07) is 14.2. The van der Waals surface area contributed by atoms with Crippen LogP contribution in [0.15, 0.2) is 67.1 Å². The van der Waals surface area contributed by atoms with E-state index < -0.39 is 5.82 Å². The average Bonchev–Trinajstić information content (AvgIpc) is 3.17. The molecule has 0 aliphatic carbocycles. The molecule has 0 spiro atoms. The number of aryl methyl sites for hydroxylation is 2. The van der Waals surface area contributed by atoms with E-state index in [9.17, 15) is 9.18 Å². The average molecular weight is 417 g/mol. The summed E-state index contributed by atoms with van der Waals surface area (Å²) >= 11 is 0. The highest BCUT2D eigenvalue weighted by Gasteiger charge is 2.11. The second kappa shape index (κ2) is 8.62. The van der Waals surface area contributed by atoms with Gasteiger partial charge in [-0.25, -0.2) is 19.2 Å². The first kappa shape index (κ1) is 20.0. The third-order valence-electron chi connectivity index (χ3n) is 4.40. The molecule has 0 aliphatic heterocycles. The molecule has 2 aromatic carbocycles. The molecule has 0 fully saturated rings. The number of aromatic nitrogens is 4. The molecule has 9 heteroatoms. The third kappa shape index (κ3) is 5.02. The van der Waals surface area contributed by atoms with Gasteiger partial charge in [0.25, 0.3) is 0 Å². The number of halogens is 1. The van der Waals surface area contributed by atoms with Crippen molar-refractivity contribution in [3.8, 4) is 11.3 Å². The van der Waals surface area contributed by atoms with Gasteiger partial charge in [0.15, 0.2) is 5.82 Å². The molecule has 0 saturated carbocycles. The molecule has 2 aromatic heterocycles. The number of anilines is 4. The molecule has 0 unspecified atom stereocenters. The SMILES string of the molecule is Cc1cccc(NC(=O)Nc2ccc(Nc3ncc(F)c(-c4cnn(C)c4)n3)cc2)c1. The number of carbonyl (C=O) groups is 1. The number of rotatable bonds is 5. The van der Waals surface area contributed by atoms with Gasteiger partial charge in [-0.3, -0.25) is 4.68 Å². The van der Waals surface area contributed by atoms with Crippen LogP contribution >= 0.6 is 0 Å². The maximum Gasteiger partial charge on any atom is 0.323 e. The maximum absolute atomic E-state index is 14.1. The highest BCUT2D eigenvalue weighted by atomic mass is 19.1. The molecule has 0 saturated heterocycles. The second-order valence-electron chi connectivity index (χ2n) is 6.94. The molecule has 0 radical (unpaired) electrons. The Kier molecular flexibility index (Phi) is 5.57. The summed E-state index contributed by atoms with van der Waals surface area (Å²) in [5.74, 6) is -0.282. The zero-order valence-electron chi connectivity index (χ0n) is 16.9. The highest BCUT2D eigenvalue weighted by molar-refractivity contribution is 5.99. The lowest BCUT2D eigenvalue weighted by Gasteiger charge is -2.10. The van der Waals surface area contributed by atoms with Crippen molar-refractivity contribution in [2.45, 2.75) is 6.92 Å². The quantitative estimate of drug-likeness (QED) is 0.437. The molecular weight excluding hydrogens is 397 g/mol. The van der Waals surface area contributed by atoms with Gasteiger partial charge < -0.3 is 16.0 Å². The Balaban J connectivity index is 1.41. The highest BCUT2D eigenvalue weighted by Crippen LogP contribution is 2.22. The van der Waals surface area contributed by atoms with E-state index in [1.807, 2.05) is 31.2 Å². The predicted octanol–water partition coefficient (Wildman–Crippen LogP) is 4.71. The number of hydrogen-bond donors (Lipinski definition) is 3. The maximum atomic E-state index is 14.1. The fourth-order valence-electron chi connectivity index (χ4n) is 2.96. The summed E-state index contributed by atoms with van der Waals surface area (Å²) in [5, 5.41) is 12.6. The van der Waals surface area contributed by atoms with Gasteiger partial charge in [0.05, 0.1) is 12.4 Å². The van der Waals surface area contributed by atoms with E-state index in [4.69, 9.17) is 0 Å². The summed E-state index contributed by atoms with van der Waals surface area (Å²) in [4.78, 5) is 20.4. The molecule has 156 valence electrons. The second-order valence-corrected chi connectivity index (χ2v) is 6.94. The van der Waals surface area contributed by atoms with Gasteiger partial charge >= 0.3 is 6.03 Å². The fourth-order valence-corrected chi connectivity index (χ4v) is 2.96. The van der Waals surface area contributed by atoms with Gasteiger partial charge in [0.1, 0.15) is 5.69 Å². The van der Waals surface area contributed by atoms with Crippen LogP contribution in [-0.4, -0.2) is 25.8 Å². The number of amides is 2. The summed E-state index contributed by atoms with van der Waals surface area (Å²) in [5.41, 5.74) is 3.80. The van der Waals surface area contributed by atoms with Crippen molar-refractivity contribution in [3.63, 3.8) is 0 Å².